The van der Waals surface area contributed by atoms with Crippen molar-refractivity contribution in [3.8, 4) is 5.75 Å². The SMILES string of the molecule is CCCCN1C(=O)CCC(C(=O)NCc2cc(C(=O)OC)c(C)o2)C1c1ccccc1OC. The summed E-state index contributed by atoms with van der Waals surface area (Å²) in [4.78, 5) is 39.8. The van der Waals surface area contributed by atoms with Crippen molar-refractivity contribution >= 4 is 17.8 Å². The van der Waals surface area contributed by atoms with Gasteiger partial charge in [-0.25, -0.2) is 4.79 Å². The first kappa shape index (κ1) is 24.4. The number of esters is 1. The van der Waals surface area contributed by atoms with Crippen molar-refractivity contribution in [1.29, 1.82) is 0 Å². The van der Waals surface area contributed by atoms with Crippen molar-refractivity contribution in [3.63, 3.8) is 0 Å². The number of hydrogen-bond acceptors (Lipinski definition) is 6. The van der Waals surface area contributed by atoms with Crippen molar-refractivity contribution in [2.24, 2.45) is 5.92 Å². The third-order valence-corrected chi connectivity index (χ3v) is 6.06. The third kappa shape index (κ3) is 5.38. The quantitative estimate of drug-likeness (QED) is 0.577. The van der Waals surface area contributed by atoms with E-state index in [-0.39, 0.29) is 18.4 Å². The van der Waals surface area contributed by atoms with Gasteiger partial charge in [0.15, 0.2) is 0 Å². The minimum Gasteiger partial charge on any atom is -0.496 e. The molecule has 1 saturated heterocycles. The zero-order chi connectivity index (χ0) is 24.0. The van der Waals surface area contributed by atoms with E-state index in [0.717, 1.165) is 18.4 Å². The van der Waals surface area contributed by atoms with Gasteiger partial charge in [-0.05, 0) is 31.9 Å². The summed E-state index contributed by atoms with van der Waals surface area (Å²) in [5.74, 6) is 0.508. The van der Waals surface area contributed by atoms with Crippen LogP contribution in [0.3, 0.4) is 0 Å². The Balaban J connectivity index is 1.84. The van der Waals surface area contributed by atoms with Crippen LogP contribution in [0.5, 0.6) is 5.75 Å². The number of aryl methyl sites for hydroxylation is 1. The smallest absolute Gasteiger partial charge is 0.341 e. The first-order chi connectivity index (χ1) is 15.9. The summed E-state index contributed by atoms with van der Waals surface area (Å²) in [6.45, 7) is 4.47. The Labute approximate surface area is 194 Å². The Kier molecular flexibility index (Phi) is 8.14. The molecule has 2 heterocycles. The molecule has 1 aromatic carbocycles. The van der Waals surface area contributed by atoms with Gasteiger partial charge in [-0.3, -0.25) is 9.59 Å². The van der Waals surface area contributed by atoms with E-state index >= 15 is 0 Å². The summed E-state index contributed by atoms with van der Waals surface area (Å²) in [5, 5.41) is 2.93. The molecule has 0 spiro atoms. The average Bonchev–Trinajstić information content (AvgIpc) is 3.21. The van der Waals surface area contributed by atoms with Gasteiger partial charge in [0.1, 0.15) is 22.8 Å². The van der Waals surface area contributed by atoms with E-state index in [9.17, 15) is 14.4 Å². The average molecular weight is 457 g/mol. The molecule has 0 radical (unpaired) electrons. The van der Waals surface area contributed by atoms with Crippen LogP contribution >= 0.6 is 0 Å². The molecule has 1 aliphatic rings. The second-order valence-corrected chi connectivity index (χ2v) is 8.16. The van der Waals surface area contributed by atoms with E-state index < -0.39 is 17.9 Å². The molecule has 1 N–H and O–H groups in total. The molecule has 8 nitrogen and oxygen atoms in total. The van der Waals surface area contributed by atoms with E-state index in [1.165, 1.54) is 7.11 Å². The minimum absolute atomic E-state index is 0.0489. The summed E-state index contributed by atoms with van der Waals surface area (Å²) in [6, 6.07) is 8.69. The largest absolute Gasteiger partial charge is 0.496 e. The number of nitrogens with zero attached hydrogens (tertiary/aromatic N) is 1. The number of nitrogens with one attached hydrogen (secondary N) is 1. The summed E-state index contributed by atoms with van der Waals surface area (Å²) in [7, 11) is 2.90. The predicted octanol–water partition coefficient (Wildman–Crippen LogP) is 3.78. The van der Waals surface area contributed by atoms with Crippen molar-refractivity contribution in [2.75, 3.05) is 20.8 Å². The maximum absolute atomic E-state index is 13.3. The van der Waals surface area contributed by atoms with Gasteiger partial charge >= 0.3 is 5.97 Å². The van der Waals surface area contributed by atoms with Gasteiger partial charge in [-0.1, -0.05) is 31.5 Å². The predicted molar refractivity (Wildman–Crippen MR) is 122 cm³/mol. The Morgan fingerprint density at radius 2 is 2.00 bits per heavy atom. The maximum atomic E-state index is 13.3. The number of carbonyl (C=O) groups excluding carboxylic acids is 3. The highest BCUT2D eigenvalue weighted by Crippen LogP contribution is 2.41. The highest BCUT2D eigenvalue weighted by molar-refractivity contribution is 5.90. The molecule has 0 aliphatic carbocycles. The van der Waals surface area contributed by atoms with Crippen molar-refractivity contribution in [1.82, 2.24) is 10.2 Å². The lowest BCUT2D eigenvalue weighted by molar-refractivity contribution is -0.143. The van der Waals surface area contributed by atoms with E-state index in [1.54, 1.807) is 20.1 Å². The number of furan rings is 1. The zero-order valence-electron chi connectivity index (χ0n) is 19.7. The molecule has 0 saturated carbocycles. The van der Waals surface area contributed by atoms with Gasteiger partial charge in [-0.2, -0.15) is 0 Å². The van der Waals surface area contributed by atoms with Crippen LogP contribution in [0.2, 0.25) is 0 Å². The monoisotopic (exact) mass is 456 g/mol. The highest BCUT2D eigenvalue weighted by atomic mass is 16.5. The van der Waals surface area contributed by atoms with Crippen molar-refractivity contribution in [3.05, 3.63) is 53.0 Å². The first-order valence-electron chi connectivity index (χ1n) is 11.3. The van der Waals surface area contributed by atoms with Crippen LogP contribution in [0.4, 0.5) is 0 Å². The molecule has 1 aromatic heterocycles. The van der Waals surface area contributed by atoms with Gasteiger partial charge in [-0.15, -0.1) is 0 Å². The number of likely N-dealkylation sites (tertiary alicyclic amines) is 1. The summed E-state index contributed by atoms with van der Waals surface area (Å²) in [6.07, 6.45) is 2.56. The van der Waals surface area contributed by atoms with Gasteiger partial charge < -0.3 is 24.1 Å². The number of para-hydroxylation sites is 1. The number of amides is 2. The number of hydrogen-bond donors (Lipinski definition) is 1. The van der Waals surface area contributed by atoms with Crippen LogP contribution in [0.1, 0.15) is 66.1 Å². The third-order valence-electron chi connectivity index (χ3n) is 6.06. The molecule has 2 amide bonds. The Morgan fingerprint density at radius 1 is 1.24 bits per heavy atom. The molecule has 0 bridgehead atoms. The lowest BCUT2D eigenvalue weighted by atomic mass is 9.83. The number of methoxy groups -OCH3 is 2. The van der Waals surface area contributed by atoms with Crippen molar-refractivity contribution < 1.29 is 28.3 Å². The Hall–Kier alpha value is -3.29. The van der Waals surface area contributed by atoms with Crippen molar-refractivity contribution in [2.45, 2.75) is 52.1 Å². The molecule has 2 aromatic rings. The fourth-order valence-corrected chi connectivity index (χ4v) is 4.36. The van der Waals surface area contributed by atoms with Crippen LogP contribution in [-0.4, -0.2) is 43.4 Å². The molecule has 3 rings (SSSR count). The number of piperidine rings is 1. The van der Waals surface area contributed by atoms with E-state index in [2.05, 4.69) is 12.2 Å². The first-order valence-corrected chi connectivity index (χ1v) is 11.3. The normalized spacial score (nSPS) is 18.2. The van der Waals surface area contributed by atoms with Gasteiger partial charge in [0.25, 0.3) is 0 Å². The summed E-state index contributed by atoms with van der Waals surface area (Å²) >= 11 is 0. The fourth-order valence-electron chi connectivity index (χ4n) is 4.36. The topological polar surface area (TPSA) is 98.1 Å². The molecular weight excluding hydrogens is 424 g/mol. The van der Waals surface area contributed by atoms with E-state index in [1.807, 2.05) is 29.2 Å². The molecule has 1 aliphatic heterocycles. The summed E-state index contributed by atoms with van der Waals surface area (Å²) in [5.41, 5.74) is 1.16. The number of rotatable bonds is 9. The Bertz CT molecular complexity index is 999. The molecule has 2 atom stereocenters. The van der Waals surface area contributed by atoms with Gasteiger partial charge in [0, 0.05) is 18.5 Å². The summed E-state index contributed by atoms with van der Waals surface area (Å²) < 4.78 is 15.9. The molecule has 8 heteroatoms. The number of carbonyl (C=O) groups is 3. The lowest BCUT2D eigenvalue weighted by Crippen LogP contribution is -2.48. The van der Waals surface area contributed by atoms with Crippen LogP contribution in [0.25, 0.3) is 0 Å². The number of benzene rings is 1. The van der Waals surface area contributed by atoms with Crippen LogP contribution < -0.4 is 10.1 Å². The number of unbranched alkanes of at least 4 members (excludes halogenated alkanes) is 1. The molecule has 33 heavy (non-hydrogen) atoms. The molecule has 1 fully saturated rings. The standard InChI is InChI=1S/C25H32N2O6/c1-5-6-13-27-22(28)12-11-19(23(27)18-9-7-8-10-21(18)31-3)24(29)26-15-17-14-20(16(2)33-17)25(30)32-4/h7-10,14,19,23H,5-6,11-13,15H2,1-4H3,(H,26,29). The van der Waals surface area contributed by atoms with Gasteiger partial charge in [0.2, 0.25) is 11.8 Å². The van der Waals surface area contributed by atoms with Crippen LogP contribution in [-0.2, 0) is 20.9 Å². The van der Waals surface area contributed by atoms with E-state index in [0.29, 0.717) is 42.2 Å². The lowest BCUT2D eigenvalue weighted by Gasteiger charge is -2.41. The minimum atomic E-state index is -0.484. The van der Waals surface area contributed by atoms with Gasteiger partial charge in [0.05, 0.1) is 32.7 Å². The fraction of sp³-hybridized carbons (Fsp3) is 0.480. The van der Waals surface area contributed by atoms with Crippen LogP contribution in [0, 0.1) is 12.8 Å². The number of ether oxygens (including phenoxy) is 2. The maximum Gasteiger partial charge on any atom is 0.341 e. The molecule has 2 unspecified atom stereocenters. The molecular formula is C25H32N2O6. The van der Waals surface area contributed by atoms with E-state index in [4.69, 9.17) is 13.9 Å². The van der Waals surface area contributed by atoms with Crippen LogP contribution in [0.15, 0.2) is 34.7 Å². The second kappa shape index (κ2) is 11.0. The zero-order valence-corrected chi connectivity index (χ0v) is 19.7. The Morgan fingerprint density at radius 3 is 2.70 bits per heavy atom. The highest BCUT2D eigenvalue weighted by Gasteiger charge is 2.41. The molecule has 178 valence electrons. The second-order valence-electron chi connectivity index (χ2n) is 8.16.